The molecular weight excluding hydrogens is 180 g/mol. The smallest absolute Gasteiger partial charge is 0.236 e. The molecule has 0 radical (unpaired) electrons. The van der Waals surface area contributed by atoms with Crippen molar-refractivity contribution in [3.8, 4) is 0 Å². The van der Waals surface area contributed by atoms with E-state index in [0.29, 0.717) is 6.54 Å². The summed E-state index contributed by atoms with van der Waals surface area (Å²) in [4.78, 5) is 11.3. The lowest BCUT2D eigenvalue weighted by molar-refractivity contribution is -0.122. The standard InChI is InChI=1S/C10H22N2O2/c1-2-3-6-9(11)10(14)12-7-4-5-8-13/h9,13H,2-8,11H2,1H3,(H,12,14). The van der Waals surface area contributed by atoms with Gasteiger partial charge in [0.1, 0.15) is 0 Å². The van der Waals surface area contributed by atoms with E-state index in [-0.39, 0.29) is 18.6 Å². The topological polar surface area (TPSA) is 75.4 Å². The van der Waals surface area contributed by atoms with Gasteiger partial charge < -0.3 is 16.2 Å². The lowest BCUT2D eigenvalue weighted by Crippen LogP contribution is -2.40. The third-order valence-corrected chi connectivity index (χ3v) is 2.09. The first kappa shape index (κ1) is 13.4. The Kier molecular flexibility index (Phi) is 8.57. The molecule has 0 aliphatic rings. The van der Waals surface area contributed by atoms with Gasteiger partial charge in [-0.2, -0.15) is 0 Å². The molecule has 1 amide bonds. The molecule has 84 valence electrons. The molecular formula is C10H22N2O2. The summed E-state index contributed by atoms with van der Waals surface area (Å²) in [7, 11) is 0. The van der Waals surface area contributed by atoms with Crippen LogP contribution in [-0.4, -0.2) is 30.2 Å². The van der Waals surface area contributed by atoms with Gasteiger partial charge in [0.05, 0.1) is 6.04 Å². The zero-order chi connectivity index (χ0) is 10.8. The zero-order valence-corrected chi connectivity index (χ0v) is 8.96. The van der Waals surface area contributed by atoms with Gasteiger partial charge in [-0.1, -0.05) is 19.8 Å². The fourth-order valence-corrected chi connectivity index (χ4v) is 1.13. The molecule has 4 nitrogen and oxygen atoms in total. The highest BCUT2D eigenvalue weighted by atomic mass is 16.2. The van der Waals surface area contributed by atoms with Crippen LogP contribution in [0.1, 0.15) is 39.0 Å². The maximum absolute atomic E-state index is 11.3. The lowest BCUT2D eigenvalue weighted by Gasteiger charge is -2.11. The molecule has 0 aromatic rings. The molecule has 0 rings (SSSR count). The molecule has 0 saturated carbocycles. The number of carbonyl (C=O) groups excluding carboxylic acids is 1. The van der Waals surface area contributed by atoms with E-state index >= 15 is 0 Å². The van der Waals surface area contributed by atoms with Crippen molar-refractivity contribution in [2.75, 3.05) is 13.2 Å². The predicted molar refractivity (Wildman–Crippen MR) is 56.8 cm³/mol. The highest BCUT2D eigenvalue weighted by Crippen LogP contribution is 1.98. The summed E-state index contributed by atoms with van der Waals surface area (Å²) < 4.78 is 0. The van der Waals surface area contributed by atoms with Crippen molar-refractivity contribution >= 4 is 5.91 Å². The second-order valence-electron chi connectivity index (χ2n) is 3.47. The first-order valence-corrected chi connectivity index (χ1v) is 5.36. The summed E-state index contributed by atoms with van der Waals surface area (Å²) in [5.74, 6) is -0.0728. The Labute approximate surface area is 85.9 Å². The van der Waals surface area contributed by atoms with Gasteiger partial charge in [-0.25, -0.2) is 0 Å². The molecule has 14 heavy (non-hydrogen) atoms. The minimum absolute atomic E-state index is 0.0728. The highest BCUT2D eigenvalue weighted by Gasteiger charge is 2.10. The van der Waals surface area contributed by atoms with Gasteiger partial charge in [0.25, 0.3) is 0 Å². The number of unbranched alkanes of at least 4 members (excludes halogenated alkanes) is 2. The van der Waals surface area contributed by atoms with Gasteiger partial charge in [-0.3, -0.25) is 4.79 Å². The highest BCUT2D eigenvalue weighted by molar-refractivity contribution is 5.81. The molecule has 0 heterocycles. The van der Waals surface area contributed by atoms with E-state index in [0.717, 1.165) is 32.1 Å². The van der Waals surface area contributed by atoms with Crippen molar-refractivity contribution in [2.24, 2.45) is 5.73 Å². The molecule has 0 saturated heterocycles. The summed E-state index contributed by atoms with van der Waals surface area (Å²) in [5.41, 5.74) is 5.66. The Morgan fingerprint density at radius 2 is 2.14 bits per heavy atom. The van der Waals surface area contributed by atoms with Gasteiger partial charge >= 0.3 is 0 Å². The molecule has 0 spiro atoms. The third-order valence-electron chi connectivity index (χ3n) is 2.09. The van der Waals surface area contributed by atoms with E-state index in [1.165, 1.54) is 0 Å². The van der Waals surface area contributed by atoms with E-state index in [2.05, 4.69) is 12.2 Å². The van der Waals surface area contributed by atoms with Gasteiger partial charge in [0, 0.05) is 13.2 Å². The zero-order valence-electron chi connectivity index (χ0n) is 8.96. The van der Waals surface area contributed by atoms with E-state index in [9.17, 15) is 4.79 Å². The number of rotatable bonds is 8. The maximum Gasteiger partial charge on any atom is 0.236 e. The molecule has 0 fully saturated rings. The number of carbonyl (C=O) groups is 1. The average Bonchev–Trinajstić information content (AvgIpc) is 2.20. The van der Waals surface area contributed by atoms with Crippen molar-refractivity contribution in [1.29, 1.82) is 0 Å². The lowest BCUT2D eigenvalue weighted by atomic mass is 10.1. The number of hydrogen-bond acceptors (Lipinski definition) is 3. The second kappa shape index (κ2) is 8.97. The number of aliphatic hydroxyl groups excluding tert-OH is 1. The van der Waals surface area contributed by atoms with Gasteiger partial charge in [-0.15, -0.1) is 0 Å². The fourth-order valence-electron chi connectivity index (χ4n) is 1.13. The van der Waals surface area contributed by atoms with Gasteiger partial charge in [0.15, 0.2) is 0 Å². The number of hydrogen-bond donors (Lipinski definition) is 3. The van der Waals surface area contributed by atoms with Crippen molar-refractivity contribution in [3.05, 3.63) is 0 Å². The average molecular weight is 202 g/mol. The molecule has 0 aromatic heterocycles. The van der Waals surface area contributed by atoms with Crippen LogP contribution in [0.3, 0.4) is 0 Å². The number of nitrogens with one attached hydrogen (secondary N) is 1. The molecule has 0 bridgehead atoms. The van der Waals surface area contributed by atoms with Crippen LogP contribution in [0, 0.1) is 0 Å². The monoisotopic (exact) mass is 202 g/mol. The van der Waals surface area contributed by atoms with E-state index in [1.807, 2.05) is 0 Å². The Morgan fingerprint density at radius 1 is 1.43 bits per heavy atom. The quantitative estimate of drug-likeness (QED) is 0.498. The molecule has 1 atom stereocenters. The predicted octanol–water partition coefficient (Wildman–Crippen LogP) is 0.393. The van der Waals surface area contributed by atoms with Gasteiger partial charge in [0.2, 0.25) is 5.91 Å². The maximum atomic E-state index is 11.3. The van der Waals surface area contributed by atoms with Gasteiger partial charge in [-0.05, 0) is 19.3 Å². The SMILES string of the molecule is CCCCC(N)C(=O)NCCCCO. The van der Waals surface area contributed by atoms with Crippen molar-refractivity contribution in [1.82, 2.24) is 5.32 Å². The van der Waals surface area contributed by atoms with Crippen molar-refractivity contribution in [3.63, 3.8) is 0 Å². The van der Waals surface area contributed by atoms with Crippen LogP contribution in [-0.2, 0) is 4.79 Å². The first-order chi connectivity index (χ1) is 6.72. The van der Waals surface area contributed by atoms with Crippen molar-refractivity contribution < 1.29 is 9.90 Å². The van der Waals surface area contributed by atoms with Crippen LogP contribution in [0.25, 0.3) is 0 Å². The largest absolute Gasteiger partial charge is 0.396 e. The summed E-state index contributed by atoms with van der Waals surface area (Å²) in [6.45, 7) is 2.86. The normalized spacial score (nSPS) is 12.5. The Bertz CT molecular complexity index is 151. The Hall–Kier alpha value is -0.610. The Morgan fingerprint density at radius 3 is 2.71 bits per heavy atom. The number of aliphatic hydroxyl groups is 1. The Balaban J connectivity index is 3.42. The van der Waals surface area contributed by atoms with Crippen LogP contribution < -0.4 is 11.1 Å². The summed E-state index contributed by atoms with van der Waals surface area (Å²) in [6.07, 6.45) is 4.34. The molecule has 4 N–H and O–H groups in total. The van der Waals surface area contributed by atoms with Crippen LogP contribution in [0.5, 0.6) is 0 Å². The van der Waals surface area contributed by atoms with E-state index in [1.54, 1.807) is 0 Å². The minimum Gasteiger partial charge on any atom is -0.396 e. The van der Waals surface area contributed by atoms with E-state index in [4.69, 9.17) is 10.8 Å². The summed E-state index contributed by atoms with van der Waals surface area (Å²) >= 11 is 0. The molecule has 1 unspecified atom stereocenters. The van der Waals surface area contributed by atoms with Crippen LogP contribution in [0.2, 0.25) is 0 Å². The summed E-state index contributed by atoms with van der Waals surface area (Å²) in [6, 6.07) is -0.371. The molecule has 0 aliphatic heterocycles. The summed E-state index contributed by atoms with van der Waals surface area (Å²) in [5, 5.41) is 11.3. The number of nitrogens with two attached hydrogens (primary N) is 1. The van der Waals surface area contributed by atoms with Crippen LogP contribution >= 0.6 is 0 Å². The number of amides is 1. The molecule has 0 aliphatic carbocycles. The van der Waals surface area contributed by atoms with E-state index < -0.39 is 0 Å². The van der Waals surface area contributed by atoms with Crippen LogP contribution in [0.15, 0.2) is 0 Å². The third kappa shape index (κ3) is 6.86. The molecule has 4 heteroatoms. The first-order valence-electron chi connectivity index (χ1n) is 5.36. The van der Waals surface area contributed by atoms with Crippen LogP contribution in [0.4, 0.5) is 0 Å². The molecule has 0 aromatic carbocycles. The fraction of sp³-hybridized carbons (Fsp3) is 0.900. The minimum atomic E-state index is -0.371. The second-order valence-corrected chi connectivity index (χ2v) is 3.47. The van der Waals surface area contributed by atoms with Crippen molar-refractivity contribution in [2.45, 2.75) is 45.1 Å².